The van der Waals surface area contributed by atoms with Crippen LogP contribution in [0.3, 0.4) is 0 Å². The molecule has 0 amide bonds. The van der Waals surface area contributed by atoms with Crippen LogP contribution in [0.15, 0.2) is 29.1 Å². The number of piperidine rings is 1. The second kappa shape index (κ2) is 4.86. The molecule has 1 aliphatic heterocycles. The summed E-state index contributed by atoms with van der Waals surface area (Å²) in [5, 5.41) is 0.867. The molecule has 0 saturated carbocycles. The van der Waals surface area contributed by atoms with Gasteiger partial charge in [-0.25, -0.2) is 0 Å². The molecule has 3 rings (SSSR count). The van der Waals surface area contributed by atoms with Crippen LogP contribution in [0.1, 0.15) is 12.8 Å². The van der Waals surface area contributed by atoms with Crippen LogP contribution in [0, 0.1) is 5.92 Å². The van der Waals surface area contributed by atoms with E-state index < -0.39 is 0 Å². The molecule has 1 aromatic carbocycles. The molecule has 4 heteroatoms. The van der Waals surface area contributed by atoms with E-state index in [0.29, 0.717) is 5.92 Å². The van der Waals surface area contributed by atoms with E-state index in [9.17, 15) is 4.79 Å². The van der Waals surface area contributed by atoms with Crippen LogP contribution in [0.25, 0.3) is 10.1 Å². The summed E-state index contributed by atoms with van der Waals surface area (Å²) in [6, 6.07) is 7.90. The van der Waals surface area contributed by atoms with E-state index >= 15 is 0 Å². The average molecular weight is 262 g/mol. The Kier molecular flexibility index (Phi) is 3.22. The minimum Gasteiger partial charge on any atom is -0.306 e. The van der Waals surface area contributed by atoms with Crippen molar-refractivity contribution in [3.05, 3.63) is 34.6 Å². The first-order valence-electron chi connectivity index (χ1n) is 6.51. The van der Waals surface area contributed by atoms with Crippen molar-refractivity contribution in [2.75, 3.05) is 20.1 Å². The fourth-order valence-corrected chi connectivity index (χ4v) is 3.89. The van der Waals surface area contributed by atoms with Crippen molar-refractivity contribution >= 4 is 21.6 Å². The number of hydrogen-bond donors (Lipinski definition) is 0. The Morgan fingerprint density at radius 3 is 3.00 bits per heavy atom. The number of benzene rings is 1. The van der Waals surface area contributed by atoms with Crippen LogP contribution in [0.4, 0.5) is 0 Å². The highest BCUT2D eigenvalue weighted by molar-refractivity contribution is 7.13. The second-order valence-electron chi connectivity index (χ2n) is 5.22. The Morgan fingerprint density at radius 2 is 2.22 bits per heavy atom. The van der Waals surface area contributed by atoms with Gasteiger partial charge in [-0.15, -0.1) is 0 Å². The van der Waals surface area contributed by atoms with E-state index in [1.165, 1.54) is 19.4 Å². The first-order chi connectivity index (χ1) is 8.74. The maximum Gasteiger partial charge on any atom is 0.268 e. The van der Waals surface area contributed by atoms with Crippen LogP contribution < -0.4 is 5.56 Å². The van der Waals surface area contributed by atoms with Gasteiger partial charge in [0.1, 0.15) is 0 Å². The smallest absolute Gasteiger partial charge is 0.268 e. The highest BCUT2D eigenvalue weighted by atomic mass is 32.1. The zero-order valence-corrected chi connectivity index (χ0v) is 11.4. The van der Waals surface area contributed by atoms with E-state index in [2.05, 4.69) is 11.9 Å². The van der Waals surface area contributed by atoms with Crippen molar-refractivity contribution in [2.24, 2.45) is 5.92 Å². The second-order valence-corrected chi connectivity index (χ2v) is 6.29. The molecule has 0 aliphatic carbocycles. The summed E-state index contributed by atoms with van der Waals surface area (Å²) in [4.78, 5) is 14.6. The van der Waals surface area contributed by atoms with Gasteiger partial charge in [-0.05, 0) is 44.5 Å². The Balaban J connectivity index is 1.86. The van der Waals surface area contributed by atoms with Gasteiger partial charge in [0.05, 0.1) is 10.1 Å². The first kappa shape index (κ1) is 11.9. The Labute approximate surface area is 111 Å². The van der Waals surface area contributed by atoms with Crippen LogP contribution in [-0.2, 0) is 6.54 Å². The summed E-state index contributed by atoms with van der Waals surface area (Å²) in [6.07, 6.45) is 2.49. The zero-order chi connectivity index (χ0) is 12.5. The lowest BCUT2D eigenvalue weighted by Gasteiger charge is -2.29. The van der Waals surface area contributed by atoms with E-state index in [4.69, 9.17) is 0 Å². The molecule has 1 aliphatic rings. The Morgan fingerprint density at radius 1 is 1.39 bits per heavy atom. The molecule has 1 atom stereocenters. The van der Waals surface area contributed by atoms with Gasteiger partial charge in [-0.3, -0.25) is 8.75 Å². The molecule has 1 fully saturated rings. The summed E-state index contributed by atoms with van der Waals surface area (Å²) in [5.74, 6) is 0.620. The van der Waals surface area contributed by atoms with Crippen molar-refractivity contribution in [1.82, 2.24) is 8.86 Å². The lowest BCUT2D eigenvalue weighted by Crippen LogP contribution is -2.35. The molecule has 0 unspecified atom stereocenters. The lowest BCUT2D eigenvalue weighted by atomic mass is 9.99. The Bertz CT molecular complexity index is 601. The van der Waals surface area contributed by atoms with Gasteiger partial charge in [-0.2, -0.15) is 0 Å². The molecule has 2 heterocycles. The third-order valence-corrected chi connectivity index (χ3v) is 4.79. The largest absolute Gasteiger partial charge is 0.306 e. The predicted molar refractivity (Wildman–Crippen MR) is 76.3 cm³/mol. The molecule has 18 heavy (non-hydrogen) atoms. The van der Waals surface area contributed by atoms with Crippen molar-refractivity contribution < 1.29 is 0 Å². The summed E-state index contributed by atoms with van der Waals surface area (Å²) in [5.41, 5.74) is 0.184. The van der Waals surface area contributed by atoms with E-state index in [1.54, 1.807) is 11.5 Å². The molecule has 96 valence electrons. The SMILES string of the molecule is CN1CCC[C@H](Cn2sc3ccccc3c2=O)C1. The van der Waals surface area contributed by atoms with Crippen LogP contribution in [-0.4, -0.2) is 29.0 Å². The third-order valence-electron chi connectivity index (χ3n) is 3.70. The lowest BCUT2D eigenvalue weighted by molar-refractivity contribution is 0.196. The molecule has 0 bridgehead atoms. The van der Waals surface area contributed by atoms with Crippen LogP contribution >= 0.6 is 11.5 Å². The standard InChI is InChI=1S/C14H18N2OS/c1-15-8-4-5-11(9-15)10-16-14(17)12-6-2-3-7-13(12)18-16/h2-3,6-7,11H,4-5,8-10H2,1H3/t11-/m0/s1. The van der Waals surface area contributed by atoms with Gasteiger partial charge in [0.2, 0.25) is 0 Å². The summed E-state index contributed by atoms with van der Waals surface area (Å²) in [6.45, 7) is 3.18. The topological polar surface area (TPSA) is 25.2 Å². The molecule has 0 radical (unpaired) electrons. The highest BCUT2D eigenvalue weighted by Gasteiger charge is 2.19. The fraction of sp³-hybridized carbons (Fsp3) is 0.500. The molecule has 0 N–H and O–H groups in total. The third kappa shape index (κ3) is 2.22. The average Bonchev–Trinajstić information content (AvgIpc) is 2.67. The maximum absolute atomic E-state index is 12.2. The molecule has 1 aromatic heterocycles. The van der Waals surface area contributed by atoms with Crippen LogP contribution in [0.5, 0.6) is 0 Å². The van der Waals surface area contributed by atoms with Gasteiger partial charge < -0.3 is 4.90 Å². The molecule has 0 spiro atoms. The van der Waals surface area contributed by atoms with Gasteiger partial charge in [0.15, 0.2) is 0 Å². The number of aromatic nitrogens is 1. The van der Waals surface area contributed by atoms with E-state index in [0.717, 1.165) is 23.2 Å². The molecule has 2 aromatic rings. The Hall–Kier alpha value is -1.13. The normalized spacial score (nSPS) is 21.5. The zero-order valence-electron chi connectivity index (χ0n) is 10.6. The number of likely N-dealkylation sites (tertiary alicyclic amines) is 1. The van der Waals surface area contributed by atoms with Gasteiger partial charge in [-0.1, -0.05) is 23.7 Å². The molecule has 3 nitrogen and oxygen atoms in total. The van der Waals surface area contributed by atoms with E-state index in [-0.39, 0.29) is 5.56 Å². The van der Waals surface area contributed by atoms with Crippen molar-refractivity contribution in [3.63, 3.8) is 0 Å². The molecule has 1 saturated heterocycles. The van der Waals surface area contributed by atoms with E-state index in [1.807, 2.05) is 28.2 Å². The number of nitrogens with zero attached hydrogens (tertiary/aromatic N) is 2. The number of fused-ring (bicyclic) bond motifs is 1. The number of rotatable bonds is 2. The van der Waals surface area contributed by atoms with Crippen molar-refractivity contribution in [2.45, 2.75) is 19.4 Å². The quantitative estimate of drug-likeness (QED) is 0.830. The van der Waals surface area contributed by atoms with Crippen LogP contribution in [0.2, 0.25) is 0 Å². The van der Waals surface area contributed by atoms with Crippen molar-refractivity contribution in [3.8, 4) is 0 Å². The van der Waals surface area contributed by atoms with Crippen molar-refractivity contribution in [1.29, 1.82) is 0 Å². The fourth-order valence-electron chi connectivity index (χ4n) is 2.79. The summed E-state index contributed by atoms with van der Waals surface area (Å²) >= 11 is 1.60. The highest BCUT2D eigenvalue weighted by Crippen LogP contribution is 2.21. The maximum atomic E-state index is 12.2. The van der Waals surface area contributed by atoms with Gasteiger partial charge in [0.25, 0.3) is 5.56 Å². The molecular weight excluding hydrogens is 244 g/mol. The number of hydrogen-bond acceptors (Lipinski definition) is 3. The summed E-state index contributed by atoms with van der Waals surface area (Å²) in [7, 11) is 2.17. The van der Waals surface area contributed by atoms with Gasteiger partial charge in [0, 0.05) is 13.1 Å². The monoisotopic (exact) mass is 262 g/mol. The first-order valence-corrected chi connectivity index (χ1v) is 7.29. The summed E-state index contributed by atoms with van der Waals surface area (Å²) < 4.78 is 3.04. The minimum atomic E-state index is 0.184. The minimum absolute atomic E-state index is 0.184. The predicted octanol–water partition coefficient (Wildman–Crippen LogP) is 2.40. The van der Waals surface area contributed by atoms with Gasteiger partial charge >= 0.3 is 0 Å². The molecular formula is C14H18N2OS.